The molecule has 0 aromatic heterocycles. The van der Waals surface area contributed by atoms with Crippen LogP contribution in [0.25, 0.3) is 0 Å². The van der Waals surface area contributed by atoms with Crippen molar-refractivity contribution in [2.75, 3.05) is 13.2 Å². The average Bonchev–Trinajstić information content (AvgIpc) is 2.72. The van der Waals surface area contributed by atoms with E-state index in [1.54, 1.807) is 35.5 Å². The molecule has 8 heteroatoms. The van der Waals surface area contributed by atoms with Gasteiger partial charge < -0.3 is 19.7 Å². The van der Waals surface area contributed by atoms with Gasteiger partial charge in [0.1, 0.15) is 11.5 Å². The van der Waals surface area contributed by atoms with Crippen molar-refractivity contribution in [1.29, 1.82) is 0 Å². The van der Waals surface area contributed by atoms with Gasteiger partial charge in [0.15, 0.2) is 0 Å². The number of fused-ring (bicyclic) bond motifs is 1. The number of benzene rings is 1. The molecule has 2 amide bonds. The highest BCUT2D eigenvalue weighted by Crippen LogP contribution is 2.20. The first kappa shape index (κ1) is 20.4. The van der Waals surface area contributed by atoms with Crippen LogP contribution in [0.4, 0.5) is 0 Å². The van der Waals surface area contributed by atoms with E-state index < -0.39 is 6.29 Å². The number of ketones is 1. The molecule has 0 radical (unpaired) electrons. The van der Waals surface area contributed by atoms with Crippen LogP contribution in [-0.2, 0) is 9.59 Å². The first-order chi connectivity index (χ1) is 14.0. The standard InChI is InChI=1S/C21H24N4O4/c1-3-29-18-7-5-4-6-16(18)20(28)24-21-22-12-15-13-25(11-10-17(15)23-21)19(27)9-8-14(2)26/h4-7,12-13,21H,3,8-11H2,1-2H3,(H,24,28). The molecule has 0 spiro atoms. The monoisotopic (exact) mass is 396 g/mol. The van der Waals surface area contributed by atoms with Crippen molar-refractivity contribution in [3.8, 4) is 5.75 Å². The Hall–Kier alpha value is -3.29. The Kier molecular flexibility index (Phi) is 6.54. The highest BCUT2D eigenvalue weighted by atomic mass is 16.5. The zero-order chi connectivity index (χ0) is 20.8. The van der Waals surface area contributed by atoms with Gasteiger partial charge in [0.05, 0.1) is 17.9 Å². The molecule has 0 bridgehead atoms. The van der Waals surface area contributed by atoms with Crippen LogP contribution >= 0.6 is 0 Å². The van der Waals surface area contributed by atoms with Crippen molar-refractivity contribution in [2.45, 2.75) is 39.4 Å². The zero-order valence-corrected chi connectivity index (χ0v) is 16.6. The molecule has 2 aliphatic heterocycles. The van der Waals surface area contributed by atoms with E-state index in [2.05, 4.69) is 15.3 Å². The minimum Gasteiger partial charge on any atom is -0.493 e. The summed E-state index contributed by atoms with van der Waals surface area (Å²) in [5.41, 5.74) is 1.96. The van der Waals surface area contributed by atoms with Gasteiger partial charge in [-0.1, -0.05) is 12.1 Å². The van der Waals surface area contributed by atoms with Crippen molar-refractivity contribution >= 4 is 29.5 Å². The lowest BCUT2D eigenvalue weighted by atomic mass is 10.0. The molecular weight excluding hydrogens is 372 g/mol. The van der Waals surface area contributed by atoms with Gasteiger partial charge in [0, 0.05) is 43.8 Å². The molecule has 1 unspecified atom stereocenters. The van der Waals surface area contributed by atoms with Gasteiger partial charge in [0.25, 0.3) is 5.91 Å². The third-order valence-corrected chi connectivity index (χ3v) is 4.55. The lowest BCUT2D eigenvalue weighted by Gasteiger charge is -2.27. The van der Waals surface area contributed by atoms with E-state index in [0.29, 0.717) is 30.9 Å². The fourth-order valence-electron chi connectivity index (χ4n) is 3.08. The predicted molar refractivity (Wildman–Crippen MR) is 109 cm³/mol. The molecule has 0 fully saturated rings. The molecule has 29 heavy (non-hydrogen) atoms. The summed E-state index contributed by atoms with van der Waals surface area (Å²) in [7, 11) is 0. The van der Waals surface area contributed by atoms with E-state index in [1.165, 1.54) is 6.92 Å². The third-order valence-electron chi connectivity index (χ3n) is 4.55. The second-order valence-electron chi connectivity index (χ2n) is 6.75. The minimum atomic E-state index is -0.718. The quantitative estimate of drug-likeness (QED) is 0.763. The third kappa shape index (κ3) is 5.16. The van der Waals surface area contributed by atoms with Crippen LogP contribution in [0, 0.1) is 0 Å². The Balaban J connectivity index is 1.65. The molecule has 0 aliphatic carbocycles. The lowest BCUT2D eigenvalue weighted by molar-refractivity contribution is -0.130. The van der Waals surface area contributed by atoms with Crippen molar-refractivity contribution in [3.05, 3.63) is 41.6 Å². The first-order valence-electron chi connectivity index (χ1n) is 9.61. The van der Waals surface area contributed by atoms with Crippen molar-refractivity contribution in [3.63, 3.8) is 0 Å². The Labute approximate surface area is 169 Å². The summed E-state index contributed by atoms with van der Waals surface area (Å²) in [6.07, 6.45) is 3.60. The van der Waals surface area contributed by atoms with Crippen LogP contribution in [0.2, 0.25) is 0 Å². The molecule has 2 heterocycles. The van der Waals surface area contributed by atoms with Gasteiger partial charge in [-0.2, -0.15) is 0 Å². The molecule has 0 saturated carbocycles. The number of carbonyl (C=O) groups is 3. The number of hydrogen-bond acceptors (Lipinski definition) is 6. The Morgan fingerprint density at radius 2 is 2.03 bits per heavy atom. The summed E-state index contributed by atoms with van der Waals surface area (Å²) in [6.45, 7) is 4.28. The molecular formula is C21H24N4O4. The summed E-state index contributed by atoms with van der Waals surface area (Å²) in [5, 5.41) is 2.78. The lowest BCUT2D eigenvalue weighted by Crippen LogP contribution is -2.39. The van der Waals surface area contributed by atoms with Gasteiger partial charge in [-0.15, -0.1) is 0 Å². The van der Waals surface area contributed by atoms with Crippen LogP contribution in [0.1, 0.15) is 43.5 Å². The number of allylic oxidation sites excluding steroid dienone is 1. The minimum absolute atomic E-state index is 0.00557. The molecule has 152 valence electrons. The fraction of sp³-hybridized carbons (Fsp3) is 0.381. The van der Waals surface area contributed by atoms with E-state index in [4.69, 9.17) is 4.74 Å². The topological polar surface area (TPSA) is 100 Å². The molecule has 3 rings (SSSR count). The molecule has 1 aromatic rings. The predicted octanol–water partition coefficient (Wildman–Crippen LogP) is 2.11. The number of para-hydroxylation sites is 1. The summed E-state index contributed by atoms with van der Waals surface area (Å²) in [5.74, 6) is 0.0971. The number of nitrogens with zero attached hydrogens (tertiary/aromatic N) is 3. The van der Waals surface area contributed by atoms with Gasteiger partial charge in [0.2, 0.25) is 12.2 Å². The second kappa shape index (κ2) is 9.27. The SMILES string of the molecule is CCOc1ccccc1C(=O)NC1N=CC2=CN(C(=O)CCC(C)=O)CCC2=N1. The normalized spacial score (nSPS) is 17.7. The molecule has 1 atom stereocenters. The maximum atomic E-state index is 12.6. The fourth-order valence-corrected chi connectivity index (χ4v) is 3.08. The molecule has 8 nitrogen and oxygen atoms in total. The number of carbonyl (C=O) groups excluding carboxylic acids is 3. The van der Waals surface area contributed by atoms with Crippen molar-refractivity contribution in [1.82, 2.24) is 10.2 Å². The van der Waals surface area contributed by atoms with Gasteiger partial charge >= 0.3 is 0 Å². The van der Waals surface area contributed by atoms with Crippen molar-refractivity contribution < 1.29 is 19.1 Å². The van der Waals surface area contributed by atoms with Gasteiger partial charge in [-0.3, -0.25) is 9.59 Å². The number of ether oxygens (including phenoxy) is 1. The zero-order valence-electron chi connectivity index (χ0n) is 16.6. The maximum absolute atomic E-state index is 12.6. The molecule has 0 saturated heterocycles. The summed E-state index contributed by atoms with van der Waals surface area (Å²) in [4.78, 5) is 46.3. The van der Waals surface area contributed by atoms with Crippen LogP contribution in [-0.4, -0.2) is 53.9 Å². The maximum Gasteiger partial charge on any atom is 0.258 e. The first-order valence-corrected chi connectivity index (χ1v) is 9.61. The largest absolute Gasteiger partial charge is 0.493 e. The van der Waals surface area contributed by atoms with E-state index in [0.717, 1.165) is 11.3 Å². The van der Waals surface area contributed by atoms with Crippen molar-refractivity contribution in [2.24, 2.45) is 9.98 Å². The highest BCUT2D eigenvalue weighted by molar-refractivity contribution is 6.18. The van der Waals surface area contributed by atoms with Crippen LogP contribution in [0.3, 0.4) is 0 Å². The van der Waals surface area contributed by atoms with E-state index in [1.807, 2.05) is 13.0 Å². The van der Waals surface area contributed by atoms with Crippen LogP contribution < -0.4 is 10.1 Å². The highest BCUT2D eigenvalue weighted by Gasteiger charge is 2.25. The Bertz CT molecular complexity index is 904. The second-order valence-corrected chi connectivity index (χ2v) is 6.75. The summed E-state index contributed by atoms with van der Waals surface area (Å²) < 4.78 is 5.50. The summed E-state index contributed by atoms with van der Waals surface area (Å²) >= 11 is 0. The van der Waals surface area contributed by atoms with Gasteiger partial charge in [-0.05, 0) is 26.0 Å². The van der Waals surface area contributed by atoms with E-state index in [9.17, 15) is 14.4 Å². The number of nitrogens with one attached hydrogen (secondary N) is 1. The van der Waals surface area contributed by atoms with Crippen LogP contribution in [0.15, 0.2) is 46.0 Å². The summed E-state index contributed by atoms with van der Waals surface area (Å²) in [6, 6.07) is 7.01. The molecule has 1 aromatic carbocycles. The molecule has 2 aliphatic rings. The number of Topliss-reactive ketones (excluding diaryl/α,β-unsaturated/α-hetero) is 1. The van der Waals surface area contributed by atoms with Gasteiger partial charge in [-0.25, -0.2) is 9.98 Å². The number of amides is 2. The average molecular weight is 396 g/mol. The van der Waals surface area contributed by atoms with E-state index >= 15 is 0 Å². The molecule has 1 N–H and O–H groups in total. The number of hydrogen-bond donors (Lipinski definition) is 1. The smallest absolute Gasteiger partial charge is 0.258 e. The number of aliphatic imine (C=N–C) groups is 2. The van der Waals surface area contributed by atoms with Crippen LogP contribution in [0.5, 0.6) is 5.75 Å². The number of rotatable bonds is 7. The Morgan fingerprint density at radius 3 is 2.79 bits per heavy atom. The van der Waals surface area contributed by atoms with E-state index in [-0.39, 0.29) is 30.4 Å². The Morgan fingerprint density at radius 1 is 1.24 bits per heavy atom.